The fourth-order valence-electron chi connectivity index (χ4n) is 4.41. The van der Waals surface area contributed by atoms with Gasteiger partial charge in [-0.1, -0.05) is 23.7 Å². The molecule has 2 aromatic rings. The lowest BCUT2D eigenvalue weighted by atomic mass is 9.96. The van der Waals surface area contributed by atoms with Gasteiger partial charge < -0.3 is 29.2 Å². The Balaban J connectivity index is 1.32. The minimum Gasteiger partial charge on any atom is -0.447 e. The van der Waals surface area contributed by atoms with Crippen LogP contribution in [0.4, 0.5) is 10.6 Å². The number of nitrogens with one attached hydrogen (secondary N) is 1. The van der Waals surface area contributed by atoms with Gasteiger partial charge in [0, 0.05) is 24.2 Å². The van der Waals surface area contributed by atoms with Gasteiger partial charge in [-0.2, -0.15) is 4.98 Å². The molecule has 238 valence electrons. The lowest BCUT2D eigenvalue weighted by Crippen LogP contribution is -2.46. The Bertz CT molecular complexity index is 1340. The SMILES string of the molecule is CCOCCOCCOC(=O)Nc1ccn([C@@H]2O[C@H](COP3(=O)OCC[C@@H](c4cccc(Cl)c4)O3)[C@@H](O)[C@@]2(C)O)c(=O)n1. The predicted molar refractivity (Wildman–Crippen MR) is 151 cm³/mol. The number of anilines is 1. The number of phosphoric ester groups is 1. The van der Waals surface area contributed by atoms with E-state index >= 15 is 0 Å². The van der Waals surface area contributed by atoms with Gasteiger partial charge in [0.05, 0.1) is 39.1 Å². The summed E-state index contributed by atoms with van der Waals surface area (Å²) >= 11 is 6.06. The van der Waals surface area contributed by atoms with Gasteiger partial charge in [0.2, 0.25) is 0 Å². The second-order valence-corrected chi connectivity index (χ2v) is 11.8. The number of rotatable bonds is 13. The second kappa shape index (κ2) is 15.0. The molecule has 3 heterocycles. The molecule has 2 aliphatic rings. The normalized spacial score (nSPS) is 29.0. The fraction of sp³-hybridized carbons (Fsp3) is 0.577. The first-order chi connectivity index (χ1) is 20.5. The molecular formula is C26H35ClN3O12P. The number of carbonyl (C=O) groups is 1. The fourth-order valence-corrected chi connectivity index (χ4v) is 6.01. The second-order valence-electron chi connectivity index (χ2n) is 9.78. The summed E-state index contributed by atoms with van der Waals surface area (Å²) in [6, 6.07) is 8.18. The van der Waals surface area contributed by atoms with E-state index in [1.165, 1.54) is 19.2 Å². The topological polar surface area (TPSA) is 186 Å². The summed E-state index contributed by atoms with van der Waals surface area (Å²) in [5, 5.41) is 24.6. The van der Waals surface area contributed by atoms with E-state index in [9.17, 15) is 24.4 Å². The van der Waals surface area contributed by atoms with Crippen LogP contribution >= 0.6 is 19.4 Å². The highest BCUT2D eigenvalue weighted by Gasteiger charge is 2.54. The van der Waals surface area contributed by atoms with Crippen LogP contribution in [0.1, 0.15) is 38.2 Å². The van der Waals surface area contributed by atoms with Crippen molar-refractivity contribution in [3.8, 4) is 0 Å². The average molecular weight is 648 g/mol. The van der Waals surface area contributed by atoms with Gasteiger partial charge in [-0.3, -0.25) is 23.5 Å². The minimum absolute atomic E-state index is 0.0283. The van der Waals surface area contributed by atoms with E-state index < -0.39 is 56.4 Å². The molecule has 0 aliphatic carbocycles. The number of nitrogens with zero attached hydrogens (tertiary/aromatic N) is 2. The van der Waals surface area contributed by atoms with Gasteiger partial charge in [-0.05, 0) is 37.6 Å². The summed E-state index contributed by atoms with van der Waals surface area (Å²) in [5.41, 5.74) is -2.19. The number of aromatic nitrogens is 2. The van der Waals surface area contributed by atoms with Gasteiger partial charge in [-0.25, -0.2) is 14.2 Å². The molecule has 1 aromatic heterocycles. The van der Waals surface area contributed by atoms with E-state index in [4.69, 9.17) is 44.1 Å². The van der Waals surface area contributed by atoms with E-state index in [-0.39, 0.29) is 25.6 Å². The summed E-state index contributed by atoms with van der Waals surface area (Å²) in [6.45, 7) is 4.22. The number of amides is 1. The zero-order valence-corrected chi connectivity index (χ0v) is 25.3. The molecular weight excluding hydrogens is 613 g/mol. The molecule has 1 amide bonds. The van der Waals surface area contributed by atoms with Crippen LogP contribution in [0.25, 0.3) is 0 Å². The highest BCUT2D eigenvalue weighted by atomic mass is 35.5. The van der Waals surface area contributed by atoms with Gasteiger partial charge in [0.1, 0.15) is 30.2 Å². The monoisotopic (exact) mass is 647 g/mol. The molecule has 0 bridgehead atoms. The van der Waals surface area contributed by atoms with Crippen LogP contribution in [-0.2, 0) is 37.1 Å². The van der Waals surface area contributed by atoms with E-state index in [2.05, 4.69) is 10.3 Å². The molecule has 6 atom stereocenters. The number of hydrogen-bond donors (Lipinski definition) is 3. The van der Waals surface area contributed by atoms with Crippen molar-refractivity contribution in [1.82, 2.24) is 9.55 Å². The standard InChI is InChI=1S/C26H35ClN3O12P/c1-3-36-11-12-37-13-14-38-25(33)29-21-7-9-30(24(32)28-21)23-26(2,34)22(31)20(41-23)16-40-43(35)39-10-8-19(42-43)17-5-4-6-18(27)15-17/h4-7,9,15,19-20,22-23,31,34H,3,8,10-14,16H2,1-2H3,(H,28,29,32,33)/t19-,20+,22+,23+,26+,43?/m0/s1. The maximum Gasteiger partial charge on any atom is 0.475 e. The van der Waals surface area contributed by atoms with Crippen molar-refractivity contribution in [3.05, 3.63) is 57.6 Å². The van der Waals surface area contributed by atoms with Crippen LogP contribution in [-0.4, -0.2) is 89.9 Å². The van der Waals surface area contributed by atoms with Crippen molar-refractivity contribution in [2.75, 3.05) is 51.6 Å². The third-order valence-corrected chi connectivity index (χ3v) is 8.32. The van der Waals surface area contributed by atoms with Crippen LogP contribution in [0.5, 0.6) is 0 Å². The first kappa shape index (κ1) is 33.5. The van der Waals surface area contributed by atoms with Crippen molar-refractivity contribution >= 4 is 31.3 Å². The third-order valence-electron chi connectivity index (χ3n) is 6.61. The number of halogens is 1. The number of ether oxygens (including phenoxy) is 4. The van der Waals surface area contributed by atoms with Crippen molar-refractivity contribution in [1.29, 1.82) is 0 Å². The molecule has 3 N–H and O–H groups in total. The zero-order chi connectivity index (χ0) is 31.0. The summed E-state index contributed by atoms with van der Waals surface area (Å²) in [4.78, 5) is 28.6. The van der Waals surface area contributed by atoms with Crippen LogP contribution in [0.15, 0.2) is 41.3 Å². The number of benzene rings is 1. The highest BCUT2D eigenvalue weighted by molar-refractivity contribution is 7.48. The first-order valence-corrected chi connectivity index (χ1v) is 15.4. The van der Waals surface area contributed by atoms with Gasteiger partial charge >= 0.3 is 19.6 Å². The van der Waals surface area contributed by atoms with Crippen molar-refractivity contribution in [2.45, 2.75) is 50.4 Å². The maximum atomic E-state index is 13.2. The van der Waals surface area contributed by atoms with Crippen LogP contribution in [0, 0.1) is 0 Å². The Morgan fingerprint density at radius 2 is 2.02 bits per heavy atom. The number of phosphoric acid groups is 1. The number of aliphatic hydroxyl groups excluding tert-OH is 1. The Kier molecular flexibility index (Phi) is 11.7. The molecule has 0 saturated carbocycles. The molecule has 15 nitrogen and oxygen atoms in total. The molecule has 1 unspecified atom stereocenters. The molecule has 0 radical (unpaired) electrons. The van der Waals surface area contributed by atoms with Gasteiger partial charge in [-0.15, -0.1) is 0 Å². The third kappa shape index (κ3) is 8.82. The first-order valence-electron chi connectivity index (χ1n) is 13.6. The molecule has 0 spiro atoms. The zero-order valence-electron chi connectivity index (χ0n) is 23.6. The summed E-state index contributed by atoms with van der Waals surface area (Å²) in [5.74, 6) is -0.111. The van der Waals surface area contributed by atoms with Crippen molar-refractivity contribution in [2.24, 2.45) is 0 Å². The highest BCUT2D eigenvalue weighted by Crippen LogP contribution is 2.57. The molecule has 2 aliphatic heterocycles. The average Bonchev–Trinajstić information content (AvgIpc) is 3.19. The quantitative estimate of drug-likeness (QED) is 0.213. The number of carbonyl (C=O) groups excluding carboxylic acids is 1. The Morgan fingerprint density at radius 1 is 1.26 bits per heavy atom. The number of aliphatic hydroxyl groups is 2. The largest absolute Gasteiger partial charge is 0.475 e. The van der Waals surface area contributed by atoms with E-state index in [0.29, 0.717) is 36.8 Å². The Labute approximate surface area is 252 Å². The van der Waals surface area contributed by atoms with E-state index in [0.717, 1.165) is 4.57 Å². The number of hydrogen-bond acceptors (Lipinski definition) is 13. The summed E-state index contributed by atoms with van der Waals surface area (Å²) in [7, 11) is -4.07. The molecule has 2 fully saturated rings. The van der Waals surface area contributed by atoms with Crippen molar-refractivity contribution in [3.63, 3.8) is 0 Å². The smallest absolute Gasteiger partial charge is 0.447 e. The van der Waals surface area contributed by atoms with E-state index in [1.54, 1.807) is 24.3 Å². The molecule has 4 rings (SSSR count). The van der Waals surface area contributed by atoms with Gasteiger partial charge in [0.25, 0.3) is 0 Å². The lowest BCUT2D eigenvalue weighted by Gasteiger charge is -2.30. The minimum atomic E-state index is -4.07. The molecule has 17 heteroatoms. The van der Waals surface area contributed by atoms with Crippen LogP contribution in [0.2, 0.25) is 5.02 Å². The van der Waals surface area contributed by atoms with Gasteiger partial charge in [0.15, 0.2) is 6.23 Å². The van der Waals surface area contributed by atoms with Crippen molar-refractivity contribution < 1.29 is 52.1 Å². The Morgan fingerprint density at radius 3 is 2.77 bits per heavy atom. The predicted octanol–water partition coefficient (Wildman–Crippen LogP) is 2.81. The maximum absolute atomic E-state index is 13.2. The lowest BCUT2D eigenvalue weighted by molar-refractivity contribution is -0.0989. The molecule has 2 saturated heterocycles. The van der Waals surface area contributed by atoms with Crippen LogP contribution < -0.4 is 11.0 Å². The summed E-state index contributed by atoms with van der Waals surface area (Å²) in [6.07, 6.45) is -4.00. The van der Waals surface area contributed by atoms with E-state index in [1.807, 2.05) is 6.92 Å². The summed E-state index contributed by atoms with van der Waals surface area (Å²) < 4.78 is 51.6. The van der Waals surface area contributed by atoms with Crippen LogP contribution in [0.3, 0.4) is 0 Å². The molecule has 1 aromatic carbocycles. The Hall–Kier alpha value is -2.43. The molecule has 43 heavy (non-hydrogen) atoms.